The Hall–Kier alpha value is -0.120. The number of aliphatic hydroxyl groups is 3. The highest BCUT2D eigenvalue weighted by Gasteiger charge is 2.73. The van der Waals surface area contributed by atoms with E-state index in [4.69, 9.17) is 0 Å². The van der Waals surface area contributed by atoms with E-state index < -0.39 is 0 Å². The summed E-state index contributed by atoms with van der Waals surface area (Å²) in [6, 6.07) is 0. The maximum Gasteiger partial charge on any atom is 0.0607 e. The molecule has 0 aromatic heterocycles. The Balaban J connectivity index is 1.57. The first-order valence-corrected chi connectivity index (χ1v) is 14.1. The third-order valence-electron chi connectivity index (χ3n) is 13.6. The number of hydrogen-bond donors (Lipinski definition) is 3. The fourth-order valence-electron chi connectivity index (χ4n) is 11.4. The van der Waals surface area contributed by atoms with E-state index in [0.29, 0.717) is 23.7 Å². The Labute approximate surface area is 203 Å². The molecule has 0 aliphatic heterocycles. The molecule has 11 atom stereocenters. The SMILES string of the molecule is CC1(C)CC2C(C)(CC1O)CC(O)C1(C)C3CCC4C(CC(O)CC4(C)C)C3(C)CCC21C. The molecule has 190 valence electrons. The molecular weight excluding hydrogens is 408 g/mol. The minimum Gasteiger partial charge on any atom is -0.393 e. The maximum absolute atomic E-state index is 12.0. The van der Waals surface area contributed by atoms with Crippen LogP contribution in [0.2, 0.25) is 0 Å². The Bertz CT molecular complexity index is 804. The van der Waals surface area contributed by atoms with Gasteiger partial charge >= 0.3 is 0 Å². The summed E-state index contributed by atoms with van der Waals surface area (Å²) in [5.74, 6) is 2.28. The van der Waals surface area contributed by atoms with Gasteiger partial charge in [0.1, 0.15) is 0 Å². The molecule has 0 bridgehead atoms. The highest BCUT2D eigenvalue weighted by atomic mass is 16.3. The van der Waals surface area contributed by atoms with Crippen LogP contribution >= 0.6 is 0 Å². The average Bonchev–Trinajstić information content (AvgIpc) is 2.67. The van der Waals surface area contributed by atoms with Crippen LogP contribution in [-0.2, 0) is 0 Å². The number of rotatable bonds is 0. The molecule has 5 rings (SSSR count). The predicted molar refractivity (Wildman–Crippen MR) is 134 cm³/mol. The summed E-state index contributed by atoms with van der Waals surface area (Å²) in [6.07, 6.45) is 8.65. The molecule has 3 N–H and O–H groups in total. The first-order valence-electron chi connectivity index (χ1n) is 14.1. The lowest BCUT2D eigenvalue weighted by Crippen LogP contribution is -2.71. The number of aliphatic hydroxyl groups excluding tert-OH is 3. The molecule has 0 radical (unpaired) electrons. The van der Waals surface area contributed by atoms with Gasteiger partial charge in [-0.1, -0.05) is 55.4 Å². The molecule has 5 aliphatic carbocycles. The second kappa shape index (κ2) is 7.00. The molecule has 5 fully saturated rings. The van der Waals surface area contributed by atoms with Crippen LogP contribution in [0.1, 0.15) is 113 Å². The van der Waals surface area contributed by atoms with Crippen molar-refractivity contribution in [2.45, 2.75) is 131 Å². The van der Waals surface area contributed by atoms with E-state index >= 15 is 0 Å². The molecule has 3 nitrogen and oxygen atoms in total. The molecule has 5 saturated carbocycles. The van der Waals surface area contributed by atoms with Gasteiger partial charge in [-0.3, -0.25) is 0 Å². The van der Waals surface area contributed by atoms with Crippen molar-refractivity contribution < 1.29 is 15.3 Å². The lowest BCUT2D eigenvalue weighted by atomic mass is 9.30. The van der Waals surface area contributed by atoms with Gasteiger partial charge in [0, 0.05) is 5.41 Å². The van der Waals surface area contributed by atoms with E-state index in [0.717, 1.165) is 32.1 Å². The van der Waals surface area contributed by atoms with E-state index in [9.17, 15) is 15.3 Å². The third-order valence-corrected chi connectivity index (χ3v) is 13.6. The largest absolute Gasteiger partial charge is 0.393 e. The fraction of sp³-hybridized carbons (Fsp3) is 1.00. The highest BCUT2D eigenvalue weighted by molar-refractivity contribution is 5.21. The van der Waals surface area contributed by atoms with Gasteiger partial charge in [-0.15, -0.1) is 0 Å². The summed E-state index contributed by atoms with van der Waals surface area (Å²) in [5, 5.41) is 33.9. The lowest BCUT2D eigenvalue weighted by molar-refractivity contribution is -0.295. The highest BCUT2D eigenvalue weighted by Crippen LogP contribution is 2.77. The van der Waals surface area contributed by atoms with Gasteiger partial charge in [-0.05, 0) is 109 Å². The minimum atomic E-state index is -0.320. The van der Waals surface area contributed by atoms with Gasteiger partial charge < -0.3 is 15.3 Å². The van der Waals surface area contributed by atoms with E-state index in [-0.39, 0.29) is 50.8 Å². The molecule has 5 aliphatic rings. The van der Waals surface area contributed by atoms with Crippen molar-refractivity contribution in [2.75, 3.05) is 0 Å². The summed E-state index contributed by atoms with van der Waals surface area (Å²) in [5.41, 5.74) is 0.305. The molecule has 33 heavy (non-hydrogen) atoms. The van der Waals surface area contributed by atoms with Crippen LogP contribution in [0.3, 0.4) is 0 Å². The second-order valence-corrected chi connectivity index (χ2v) is 16.0. The van der Waals surface area contributed by atoms with Gasteiger partial charge in [0.05, 0.1) is 18.3 Å². The van der Waals surface area contributed by atoms with Crippen molar-refractivity contribution >= 4 is 0 Å². The Morgan fingerprint density at radius 2 is 1.24 bits per heavy atom. The third kappa shape index (κ3) is 3.03. The van der Waals surface area contributed by atoms with Crippen molar-refractivity contribution in [1.82, 2.24) is 0 Å². The van der Waals surface area contributed by atoms with Crippen LogP contribution in [0, 0.1) is 56.2 Å². The van der Waals surface area contributed by atoms with Crippen LogP contribution in [0.5, 0.6) is 0 Å². The summed E-state index contributed by atoms with van der Waals surface area (Å²) in [6.45, 7) is 19.2. The summed E-state index contributed by atoms with van der Waals surface area (Å²) < 4.78 is 0. The Morgan fingerprint density at radius 1 is 0.606 bits per heavy atom. The molecule has 0 aromatic carbocycles. The van der Waals surface area contributed by atoms with E-state index in [2.05, 4.69) is 55.4 Å². The van der Waals surface area contributed by atoms with Crippen molar-refractivity contribution in [2.24, 2.45) is 56.2 Å². The van der Waals surface area contributed by atoms with Crippen molar-refractivity contribution in [3.05, 3.63) is 0 Å². The minimum absolute atomic E-state index is 0.0105. The van der Waals surface area contributed by atoms with Crippen molar-refractivity contribution in [3.63, 3.8) is 0 Å². The molecular formula is C30H52O3. The molecule has 0 spiro atoms. The monoisotopic (exact) mass is 460 g/mol. The standard InChI is InChI=1S/C30H52O3/c1-25(2)14-18(31)13-20-19(25)9-10-21-28(20,6)11-12-29(7)22-15-26(3,4)23(32)16-27(22,5)17-24(33)30(21,29)8/h18-24,31-33H,9-17H2,1-8H3. The van der Waals surface area contributed by atoms with Crippen molar-refractivity contribution in [3.8, 4) is 0 Å². The number of hydrogen-bond acceptors (Lipinski definition) is 3. The molecule has 3 heteroatoms. The molecule has 0 saturated heterocycles. The average molecular weight is 461 g/mol. The fourth-order valence-corrected chi connectivity index (χ4v) is 11.4. The van der Waals surface area contributed by atoms with Gasteiger partial charge in [-0.25, -0.2) is 0 Å². The van der Waals surface area contributed by atoms with Crippen LogP contribution in [-0.4, -0.2) is 33.6 Å². The molecule has 0 amide bonds. The first-order chi connectivity index (χ1) is 15.0. The van der Waals surface area contributed by atoms with E-state index in [1.54, 1.807) is 0 Å². The maximum atomic E-state index is 12.0. The van der Waals surface area contributed by atoms with Gasteiger partial charge in [-0.2, -0.15) is 0 Å². The topological polar surface area (TPSA) is 60.7 Å². The van der Waals surface area contributed by atoms with E-state index in [1.807, 2.05) is 0 Å². The summed E-state index contributed by atoms with van der Waals surface area (Å²) in [7, 11) is 0. The Morgan fingerprint density at radius 3 is 1.91 bits per heavy atom. The van der Waals surface area contributed by atoms with Crippen LogP contribution in [0.25, 0.3) is 0 Å². The van der Waals surface area contributed by atoms with Gasteiger partial charge in [0.15, 0.2) is 0 Å². The summed E-state index contributed by atoms with van der Waals surface area (Å²) >= 11 is 0. The zero-order valence-corrected chi connectivity index (χ0v) is 22.7. The van der Waals surface area contributed by atoms with Crippen LogP contribution in [0.15, 0.2) is 0 Å². The zero-order chi connectivity index (χ0) is 24.4. The molecule has 11 unspecified atom stereocenters. The summed E-state index contributed by atoms with van der Waals surface area (Å²) in [4.78, 5) is 0. The number of fused-ring (bicyclic) bond motifs is 7. The van der Waals surface area contributed by atoms with Gasteiger partial charge in [0.2, 0.25) is 0 Å². The van der Waals surface area contributed by atoms with Crippen molar-refractivity contribution in [1.29, 1.82) is 0 Å². The molecule has 0 heterocycles. The van der Waals surface area contributed by atoms with E-state index in [1.165, 1.54) is 25.7 Å². The Kier molecular flexibility index (Phi) is 5.21. The quantitative estimate of drug-likeness (QED) is 0.404. The van der Waals surface area contributed by atoms with Crippen LogP contribution < -0.4 is 0 Å². The smallest absolute Gasteiger partial charge is 0.0607 e. The van der Waals surface area contributed by atoms with Crippen LogP contribution in [0.4, 0.5) is 0 Å². The zero-order valence-electron chi connectivity index (χ0n) is 22.7. The molecule has 0 aromatic rings. The predicted octanol–water partition coefficient (Wildman–Crippen LogP) is 6.19. The second-order valence-electron chi connectivity index (χ2n) is 16.0. The lowest BCUT2D eigenvalue weighted by Gasteiger charge is -2.75. The van der Waals surface area contributed by atoms with Gasteiger partial charge in [0.25, 0.3) is 0 Å². The first kappa shape index (κ1) is 24.6. The normalized spacial score (nSPS) is 59.5.